The highest BCUT2D eigenvalue weighted by molar-refractivity contribution is 6.00. The Morgan fingerprint density at radius 2 is 1.89 bits per heavy atom. The van der Waals surface area contributed by atoms with E-state index in [0.29, 0.717) is 62.5 Å². The van der Waals surface area contributed by atoms with Gasteiger partial charge in [-0.15, -0.1) is 0 Å². The Hall–Kier alpha value is -2.98. The molecule has 3 heterocycles. The number of nitrogens with zero attached hydrogens (tertiary/aromatic N) is 1. The van der Waals surface area contributed by atoms with Gasteiger partial charge in [-0.05, 0) is 55.5 Å². The van der Waals surface area contributed by atoms with Crippen molar-refractivity contribution in [3.8, 4) is 5.75 Å². The Balaban J connectivity index is 1.25. The van der Waals surface area contributed by atoms with Crippen molar-refractivity contribution in [3.63, 3.8) is 0 Å². The first kappa shape index (κ1) is 25.7. The molecule has 3 aliphatic heterocycles. The molecule has 198 valence electrons. The number of amides is 2. The van der Waals surface area contributed by atoms with Crippen LogP contribution in [0, 0.1) is 0 Å². The summed E-state index contributed by atoms with van der Waals surface area (Å²) in [6.45, 7) is 3.73. The van der Waals surface area contributed by atoms with Gasteiger partial charge in [-0.25, -0.2) is 0 Å². The molecule has 2 aromatic carbocycles. The van der Waals surface area contributed by atoms with Crippen LogP contribution >= 0.6 is 0 Å². The van der Waals surface area contributed by atoms with E-state index in [2.05, 4.69) is 22.8 Å². The van der Waals surface area contributed by atoms with Crippen LogP contribution in [0.5, 0.6) is 5.75 Å². The third-order valence-corrected chi connectivity index (χ3v) is 7.55. The fourth-order valence-corrected chi connectivity index (χ4v) is 5.67. The van der Waals surface area contributed by atoms with E-state index in [-0.39, 0.29) is 36.5 Å². The fraction of sp³-hybridized carbons (Fsp3) is 0.500. The molecule has 9 nitrogen and oxygen atoms in total. The maximum Gasteiger partial charge on any atom is 0.255 e. The summed E-state index contributed by atoms with van der Waals surface area (Å²) in [5.74, 6) is -0.204. The van der Waals surface area contributed by atoms with Crippen molar-refractivity contribution in [2.45, 2.75) is 63.1 Å². The first-order chi connectivity index (χ1) is 17.9. The first-order valence-electron chi connectivity index (χ1n) is 13.1. The van der Waals surface area contributed by atoms with Crippen LogP contribution in [-0.2, 0) is 17.7 Å². The van der Waals surface area contributed by atoms with Crippen LogP contribution in [0.25, 0.3) is 0 Å². The summed E-state index contributed by atoms with van der Waals surface area (Å²) in [5, 5.41) is 27.0. The number of morpholine rings is 1. The second-order valence-corrected chi connectivity index (χ2v) is 10.1. The molecule has 37 heavy (non-hydrogen) atoms. The number of hydrogen-bond donors (Lipinski definition) is 4. The minimum Gasteiger partial charge on any atom is -0.493 e. The molecule has 2 fully saturated rings. The van der Waals surface area contributed by atoms with Gasteiger partial charge in [-0.3, -0.25) is 9.59 Å². The molecule has 2 bridgehead atoms. The zero-order valence-corrected chi connectivity index (χ0v) is 21.1. The Morgan fingerprint density at radius 3 is 2.62 bits per heavy atom. The van der Waals surface area contributed by atoms with Gasteiger partial charge in [0.2, 0.25) is 0 Å². The van der Waals surface area contributed by atoms with E-state index in [0.717, 1.165) is 0 Å². The first-order valence-corrected chi connectivity index (χ1v) is 13.1. The molecule has 2 aromatic rings. The van der Waals surface area contributed by atoms with Crippen LogP contribution in [0.4, 0.5) is 0 Å². The molecule has 2 amide bonds. The molecular formula is C28H35N3O6. The number of benzene rings is 2. The monoisotopic (exact) mass is 509 g/mol. The third kappa shape index (κ3) is 5.50. The summed E-state index contributed by atoms with van der Waals surface area (Å²) in [4.78, 5) is 28.3. The molecule has 0 spiro atoms. The van der Waals surface area contributed by atoms with Crippen molar-refractivity contribution in [1.29, 1.82) is 0 Å². The van der Waals surface area contributed by atoms with Crippen LogP contribution in [0.1, 0.15) is 51.6 Å². The third-order valence-electron chi connectivity index (χ3n) is 7.55. The van der Waals surface area contributed by atoms with Gasteiger partial charge in [-0.1, -0.05) is 24.3 Å². The van der Waals surface area contributed by atoms with Crippen LogP contribution < -0.4 is 15.4 Å². The maximum absolute atomic E-state index is 13.4. The zero-order chi connectivity index (χ0) is 25.9. The van der Waals surface area contributed by atoms with Gasteiger partial charge >= 0.3 is 0 Å². The molecule has 2 saturated heterocycles. The number of nitrogens with one attached hydrogen (secondary N) is 2. The van der Waals surface area contributed by atoms with Crippen LogP contribution in [0.15, 0.2) is 42.5 Å². The lowest BCUT2D eigenvalue weighted by atomic mass is 9.91. The predicted octanol–water partition coefficient (Wildman–Crippen LogP) is 1.25. The van der Waals surface area contributed by atoms with Crippen molar-refractivity contribution in [2.75, 3.05) is 26.4 Å². The van der Waals surface area contributed by atoms with Gasteiger partial charge in [0.05, 0.1) is 49.7 Å². The second kappa shape index (κ2) is 11.2. The molecule has 0 radical (unpaired) electrons. The van der Waals surface area contributed by atoms with E-state index < -0.39 is 12.2 Å². The van der Waals surface area contributed by atoms with Gasteiger partial charge in [0.15, 0.2) is 0 Å². The Morgan fingerprint density at radius 1 is 1.16 bits per heavy atom. The average molecular weight is 510 g/mol. The lowest BCUT2D eigenvalue weighted by molar-refractivity contribution is -0.0871. The highest BCUT2D eigenvalue weighted by atomic mass is 16.5. The van der Waals surface area contributed by atoms with E-state index in [9.17, 15) is 19.8 Å². The van der Waals surface area contributed by atoms with Gasteiger partial charge < -0.3 is 35.2 Å². The molecule has 0 saturated carbocycles. The topological polar surface area (TPSA) is 120 Å². The Bertz CT molecular complexity index is 1130. The van der Waals surface area contributed by atoms with Crippen molar-refractivity contribution in [1.82, 2.24) is 15.5 Å². The summed E-state index contributed by atoms with van der Waals surface area (Å²) >= 11 is 0. The minimum atomic E-state index is -0.759. The molecule has 5 rings (SSSR count). The lowest BCUT2D eigenvalue weighted by Gasteiger charge is -2.47. The number of carbonyl (C=O) groups is 2. The predicted molar refractivity (Wildman–Crippen MR) is 137 cm³/mol. The Labute approximate surface area is 216 Å². The van der Waals surface area contributed by atoms with Crippen LogP contribution in [-0.4, -0.2) is 83.6 Å². The van der Waals surface area contributed by atoms with Crippen molar-refractivity contribution in [3.05, 3.63) is 64.7 Å². The van der Waals surface area contributed by atoms with E-state index >= 15 is 0 Å². The van der Waals surface area contributed by atoms with E-state index in [1.54, 1.807) is 18.2 Å². The number of ether oxygens (including phenoxy) is 2. The molecule has 4 atom stereocenters. The largest absolute Gasteiger partial charge is 0.493 e. The standard InChI is InChI=1S/C28H35N3O6/c1-2-37-26-10-18(28(35)31-20-11-22(32)12-21(31)16-36-15-20)7-8-23(26)27(34)30-14-25(33)24-9-17-5-3-4-6-19(17)13-29-24/h3-8,10,20-22,24-25,29,32-33H,2,9,11-16H2,1H3,(H,30,34)/t20?,21?,22?,24-,25+/m0/s1. The number of rotatable bonds is 7. The normalized spacial score (nSPS) is 25.6. The molecule has 4 N–H and O–H groups in total. The highest BCUT2D eigenvalue weighted by Crippen LogP contribution is 2.31. The number of fused-ring (bicyclic) bond motifs is 3. The number of piperidine rings is 1. The molecule has 0 aromatic heterocycles. The SMILES string of the molecule is CCOc1cc(C(=O)N2C3COCC2CC(O)C3)ccc1C(=O)NC[C@@H](O)[C@@H]1Cc2ccccc2CN1. The quantitative estimate of drug-likeness (QED) is 0.444. The fourth-order valence-electron chi connectivity index (χ4n) is 5.67. The summed E-state index contributed by atoms with van der Waals surface area (Å²) < 4.78 is 11.4. The van der Waals surface area contributed by atoms with E-state index in [4.69, 9.17) is 9.47 Å². The van der Waals surface area contributed by atoms with Gasteiger partial charge in [-0.2, -0.15) is 0 Å². The number of hydrogen-bond acceptors (Lipinski definition) is 7. The number of carbonyl (C=O) groups excluding carboxylic acids is 2. The molecule has 0 aliphatic carbocycles. The summed E-state index contributed by atoms with van der Waals surface area (Å²) in [7, 11) is 0. The van der Waals surface area contributed by atoms with Gasteiger partial charge in [0.1, 0.15) is 5.75 Å². The minimum absolute atomic E-state index is 0.0877. The summed E-state index contributed by atoms with van der Waals surface area (Å²) in [6, 6.07) is 12.5. The van der Waals surface area contributed by atoms with E-state index in [1.807, 2.05) is 24.0 Å². The van der Waals surface area contributed by atoms with Crippen molar-refractivity contribution in [2.24, 2.45) is 0 Å². The zero-order valence-electron chi connectivity index (χ0n) is 21.1. The van der Waals surface area contributed by atoms with E-state index in [1.165, 1.54) is 11.1 Å². The Kier molecular flexibility index (Phi) is 7.76. The van der Waals surface area contributed by atoms with Gasteiger partial charge in [0, 0.05) is 24.7 Å². The highest BCUT2D eigenvalue weighted by Gasteiger charge is 2.41. The molecule has 9 heteroatoms. The number of aliphatic hydroxyl groups is 2. The molecule has 2 unspecified atom stereocenters. The van der Waals surface area contributed by atoms with Crippen molar-refractivity contribution >= 4 is 11.8 Å². The van der Waals surface area contributed by atoms with Crippen LogP contribution in [0.2, 0.25) is 0 Å². The average Bonchev–Trinajstić information content (AvgIpc) is 2.90. The maximum atomic E-state index is 13.4. The number of aliphatic hydroxyl groups excluding tert-OH is 2. The summed E-state index contributed by atoms with van der Waals surface area (Å²) in [6.07, 6.45) is 0.483. The van der Waals surface area contributed by atoms with Crippen LogP contribution in [0.3, 0.4) is 0 Å². The second-order valence-electron chi connectivity index (χ2n) is 10.1. The lowest BCUT2D eigenvalue weighted by Crippen LogP contribution is -2.60. The van der Waals surface area contributed by atoms with Gasteiger partial charge in [0.25, 0.3) is 11.8 Å². The summed E-state index contributed by atoms with van der Waals surface area (Å²) in [5.41, 5.74) is 3.17. The molecule has 3 aliphatic rings. The molecular weight excluding hydrogens is 474 g/mol. The van der Waals surface area contributed by atoms with Crippen molar-refractivity contribution < 1.29 is 29.3 Å². The smallest absolute Gasteiger partial charge is 0.255 e.